The van der Waals surface area contributed by atoms with E-state index in [1.54, 1.807) is 6.07 Å². The van der Waals surface area contributed by atoms with Gasteiger partial charge in [0.15, 0.2) is 5.69 Å². The Hall–Kier alpha value is -4.42. The van der Waals surface area contributed by atoms with Crippen molar-refractivity contribution in [1.29, 1.82) is 5.26 Å². The zero-order chi connectivity index (χ0) is 28.4. The minimum atomic E-state index is -4.75. The first-order valence-corrected chi connectivity index (χ1v) is 13.0. The zero-order valence-electron chi connectivity index (χ0n) is 22.1. The van der Waals surface area contributed by atoms with Gasteiger partial charge in [0, 0.05) is 11.8 Å². The molecule has 204 valence electrons. The Kier molecular flexibility index (Phi) is 7.46. The van der Waals surface area contributed by atoms with Crippen LogP contribution in [0.2, 0.25) is 0 Å². The van der Waals surface area contributed by atoms with Gasteiger partial charge >= 0.3 is 6.18 Å². The number of nitrogens with zero attached hydrogens (tertiary/aromatic N) is 3. The molecule has 9 heteroatoms. The lowest BCUT2D eigenvalue weighted by Gasteiger charge is -2.23. The molecule has 0 radical (unpaired) electrons. The van der Waals surface area contributed by atoms with Crippen LogP contribution in [0.25, 0.3) is 5.69 Å². The Bertz CT molecular complexity index is 1600. The molecule has 0 aliphatic heterocycles. The van der Waals surface area contributed by atoms with E-state index >= 15 is 0 Å². The van der Waals surface area contributed by atoms with Gasteiger partial charge in [-0.2, -0.15) is 23.5 Å². The Morgan fingerprint density at radius 1 is 1.07 bits per heavy atom. The number of carbonyl (C=O) groups excluding carboxylic acids is 1. The Morgan fingerprint density at radius 2 is 1.85 bits per heavy atom. The third-order valence-electron chi connectivity index (χ3n) is 6.98. The number of aryl methyl sites for hydroxylation is 2. The Balaban J connectivity index is 1.48. The number of benzene rings is 3. The molecule has 0 spiro atoms. The van der Waals surface area contributed by atoms with Crippen molar-refractivity contribution in [3.63, 3.8) is 0 Å². The number of hydrogen-bond donors (Lipinski definition) is 2. The van der Waals surface area contributed by atoms with Gasteiger partial charge in [0.1, 0.15) is 5.69 Å². The lowest BCUT2D eigenvalue weighted by atomic mass is 9.93. The summed E-state index contributed by atoms with van der Waals surface area (Å²) in [6.07, 6.45) is -2.35. The lowest BCUT2D eigenvalue weighted by molar-refractivity contribution is -0.141. The molecule has 4 aromatic rings. The largest absolute Gasteiger partial charge is 0.435 e. The topological polar surface area (TPSA) is 82.7 Å². The number of nitrogens with one attached hydrogen (secondary N) is 2. The predicted molar refractivity (Wildman–Crippen MR) is 146 cm³/mol. The minimum absolute atomic E-state index is 0.117. The number of hydrogen-bond acceptors (Lipinski definition) is 4. The molecule has 0 saturated heterocycles. The maximum absolute atomic E-state index is 13.6. The smallest absolute Gasteiger partial charge is 0.321 e. The molecule has 2 N–H and O–H groups in total. The highest BCUT2D eigenvalue weighted by Gasteiger charge is 2.36. The van der Waals surface area contributed by atoms with Gasteiger partial charge in [-0.3, -0.25) is 4.79 Å². The second-order valence-corrected chi connectivity index (χ2v) is 10.2. The van der Waals surface area contributed by atoms with Crippen LogP contribution >= 0.6 is 0 Å². The molecule has 40 heavy (non-hydrogen) atoms. The van der Waals surface area contributed by atoms with E-state index in [1.165, 1.54) is 37.1 Å². The molecule has 1 saturated carbocycles. The molecule has 3 aromatic carbocycles. The van der Waals surface area contributed by atoms with E-state index in [4.69, 9.17) is 0 Å². The van der Waals surface area contributed by atoms with Crippen molar-refractivity contribution in [2.24, 2.45) is 5.92 Å². The monoisotopic (exact) mass is 543 g/mol. The van der Waals surface area contributed by atoms with Gasteiger partial charge in [0.2, 0.25) is 0 Å². The van der Waals surface area contributed by atoms with Crippen molar-refractivity contribution in [2.75, 3.05) is 11.9 Å². The average molecular weight is 544 g/mol. The summed E-state index contributed by atoms with van der Waals surface area (Å²) in [4.78, 5) is 13.4. The number of amides is 1. The standard InChI is InChI=1S/C31H28F3N5O/c1-19-9-10-20(2)26(13-19)29(36-18-21-11-12-21)23-6-4-7-24(15-23)37-30(40)27-16-28(31(32,33)34)38-39(27)25-8-3-5-22(14-25)17-35/h3-10,13-16,21,29,36H,11-12,18H2,1-2H3,(H,37,40). The fraction of sp³-hybridized carbons (Fsp3) is 0.258. The van der Waals surface area contributed by atoms with E-state index < -0.39 is 17.8 Å². The van der Waals surface area contributed by atoms with E-state index in [0.29, 0.717) is 17.7 Å². The van der Waals surface area contributed by atoms with E-state index in [2.05, 4.69) is 40.9 Å². The molecular formula is C31H28F3N5O. The second kappa shape index (κ2) is 11.0. The number of alkyl halides is 3. The summed E-state index contributed by atoms with van der Waals surface area (Å²) in [5.41, 5.74) is 3.68. The molecule has 1 aromatic heterocycles. The molecule has 1 fully saturated rings. The number of rotatable bonds is 8. The Morgan fingerprint density at radius 3 is 2.58 bits per heavy atom. The van der Waals surface area contributed by atoms with Crippen molar-refractivity contribution in [2.45, 2.75) is 38.9 Å². The van der Waals surface area contributed by atoms with Crippen molar-refractivity contribution < 1.29 is 18.0 Å². The number of carbonyl (C=O) groups is 1. The highest BCUT2D eigenvalue weighted by atomic mass is 19.4. The molecule has 1 aliphatic rings. The molecule has 0 bridgehead atoms. The quantitative estimate of drug-likeness (QED) is 0.258. The molecule has 1 unspecified atom stereocenters. The number of anilines is 1. The summed E-state index contributed by atoms with van der Waals surface area (Å²) in [5.74, 6) is -0.102. The SMILES string of the molecule is Cc1ccc(C)c(C(NCC2CC2)c2cccc(NC(=O)c3cc(C(F)(F)F)nn3-c3cccc(C#N)c3)c2)c1. The van der Waals surface area contributed by atoms with Crippen LogP contribution in [0.1, 0.15) is 62.9 Å². The first kappa shape index (κ1) is 27.2. The van der Waals surface area contributed by atoms with Crippen molar-refractivity contribution in [1.82, 2.24) is 15.1 Å². The highest BCUT2D eigenvalue weighted by molar-refractivity contribution is 6.03. The summed E-state index contributed by atoms with van der Waals surface area (Å²) in [5, 5.41) is 19.3. The van der Waals surface area contributed by atoms with Crippen LogP contribution in [0.5, 0.6) is 0 Å². The number of halogens is 3. The predicted octanol–water partition coefficient (Wildman–Crippen LogP) is 6.72. The van der Waals surface area contributed by atoms with E-state index in [0.717, 1.165) is 33.5 Å². The summed E-state index contributed by atoms with van der Waals surface area (Å²) in [7, 11) is 0. The molecule has 5 rings (SSSR count). The van der Waals surface area contributed by atoms with Crippen LogP contribution in [0.3, 0.4) is 0 Å². The van der Waals surface area contributed by atoms with Gasteiger partial charge in [-0.25, -0.2) is 4.68 Å². The molecule has 6 nitrogen and oxygen atoms in total. The highest BCUT2D eigenvalue weighted by Crippen LogP contribution is 2.33. The van der Waals surface area contributed by atoms with Crippen LogP contribution in [0.4, 0.5) is 18.9 Å². The van der Waals surface area contributed by atoms with Gasteiger partial charge in [0.05, 0.1) is 23.4 Å². The summed E-state index contributed by atoms with van der Waals surface area (Å²) >= 11 is 0. The summed E-state index contributed by atoms with van der Waals surface area (Å²) in [6.45, 7) is 4.98. The van der Waals surface area contributed by atoms with Gasteiger partial charge in [0.25, 0.3) is 5.91 Å². The number of nitriles is 1. The molecule has 1 amide bonds. The van der Waals surface area contributed by atoms with E-state index in [9.17, 15) is 23.2 Å². The summed E-state index contributed by atoms with van der Waals surface area (Å²) in [6, 6.07) is 22.1. The van der Waals surface area contributed by atoms with Gasteiger partial charge < -0.3 is 10.6 Å². The van der Waals surface area contributed by atoms with Crippen LogP contribution in [-0.2, 0) is 6.18 Å². The van der Waals surface area contributed by atoms with E-state index in [1.807, 2.05) is 31.2 Å². The zero-order valence-corrected chi connectivity index (χ0v) is 22.1. The van der Waals surface area contributed by atoms with Crippen LogP contribution in [-0.4, -0.2) is 22.2 Å². The average Bonchev–Trinajstić information content (AvgIpc) is 3.64. The van der Waals surface area contributed by atoms with E-state index in [-0.39, 0.29) is 23.0 Å². The van der Waals surface area contributed by atoms with Crippen LogP contribution < -0.4 is 10.6 Å². The second-order valence-electron chi connectivity index (χ2n) is 10.2. The van der Waals surface area contributed by atoms with Gasteiger partial charge in [-0.15, -0.1) is 0 Å². The van der Waals surface area contributed by atoms with Crippen molar-refractivity contribution in [3.05, 3.63) is 112 Å². The third-order valence-corrected chi connectivity index (χ3v) is 6.98. The molecular weight excluding hydrogens is 515 g/mol. The Labute approximate surface area is 230 Å². The van der Waals surface area contributed by atoms with Crippen molar-refractivity contribution in [3.8, 4) is 11.8 Å². The third kappa shape index (κ3) is 6.08. The maximum Gasteiger partial charge on any atom is 0.435 e. The lowest BCUT2D eigenvalue weighted by Crippen LogP contribution is -2.25. The first-order valence-electron chi connectivity index (χ1n) is 13.0. The fourth-order valence-corrected chi connectivity index (χ4v) is 4.66. The normalized spacial score (nSPS) is 14.0. The van der Waals surface area contributed by atoms with Crippen LogP contribution in [0, 0.1) is 31.1 Å². The van der Waals surface area contributed by atoms with Gasteiger partial charge in [-0.05, 0) is 86.2 Å². The maximum atomic E-state index is 13.6. The molecule has 1 atom stereocenters. The van der Waals surface area contributed by atoms with Crippen LogP contribution in [0.15, 0.2) is 72.8 Å². The first-order chi connectivity index (χ1) is 19.1. The van der Waals surface area contributed by atoms with Crippen molar-refractivity contribution >= 4 is 11.6 Å². The summed E-state index contributed by atoms with van der Waals surface area (Å²) < 4.78 is 41.6. The van der Waals surface area contributed by atoms with Gasteiger partial charge in [-0.1, -0.05) is 42.0 Å². The minimum Gasteiger partial charge on any atom is -0.321 e. The molecule has 1 heterocycles. The molecule has 1 aliphatic carbocycles. The fourth-order valence-electron chi connectivity index (χ4n) is 4.66. The number of aromatic nitrogens is 2.